The van der Waals surface area contributed by atoms with Gasteiger partial charge in [0, 0.05) is 11.8 Å². The minimum Gasteiger partial charge on any atom is -0.487 e. The highest BCUT2D eigenvalue weighted by molar-refractivity contribution is 6.20. The number of hydrogen-bond acceptors (Lipinski definition) is 8. The molecule has 38 heavy (non-hydrogen) atoms. The predicted molar refractivity (Wildman–Crippen MR) is 139 cm³/mol. The molecule has 1 unspecified atom stereocenters. The molecule has 1 atom stereocenters. The van der Waals surface area contributed by atoms with Gasteiger partial charge in [-0.25, -0.2) is 9.69 Å². The van der Waals surface area contributed by atoms with Crippen LogP contribution < -0.4 is 9.64 Å². The first kappa shape index (κ1) is 27.9. The molecule has 1 N–H and O–H groups in total. The van der Waals surface area contributed by atoms with E-state index in [2.05, 4.69) is 11.1 Å². The van der Waals surface area contributed by atoms with Gasteiger partial charge in [0.05, 0.1) is 46.3 Å². The Morgan fingerprint density at radius 1 is 1.08 bits per heavy atom. The van der Waals surface area contributed by atoms with Crippen LogP contribution in [0.3, 0.4) is 0 Å². The van der Waals surface area contributed by atoms with Gasteiger partial charge in [-0.05, 0) is 76.6 Å². The van der Waals surface area contributed by atoms with Crippen molar-refractivity contribution >= 4 is 17.7 Å². The quantitative estimate of drug-likeness (QED) is 0.467. The second-order valence-corrected chi connectivity index (χ2v) is 9.56. The molecule has 0 radical (unpaired) electrons. The molecule has 0 aliphatic carbocycles. The third kappa shape index (κ3) is 6.52. The van der Waals surface area contributed by atoms with Crippen LogP contribution in [0.15, 0.2) is 54.7 Å². The van der Waals surface area contributed by atoms with Gasteiger partial charge < -0.3 is 14.6 Å². The van der Waals surface area contributed by atoms with Crippen LogP contribution in [0, 0.1) is 29.6 Å². The fourth-order valence-corrected chi connectivity index (χ4v) is 3.68. The molecule has 0 aliphatic rings. The van der Waals surface area contributed by atoms with Gasteiger partial charge in [-0.1, -0.05) is 12.1 Å². The molecule has 1 aromatic heterocycles. The van der Waals surface area contributed by atoms with Crippen molar-refractivity contribution in [1.82, 2.24) is 4.98 Å². The van der Waals surface area contributed by atoms with Gasteiger partial charge in [0.2, 0.25) is 0 Å². The van der Waals surface area contributed by atoms with E-state index in [-0.39, 0.29) is 29.2 Å². The lowest BCUT2D eigenvalue weighted by Gasteiger charge is -2.27. The summed E-state index contributed by atoms with van der Waals surface area (Å²) in [5.41, 5.74) is 1.34. The number of rotatable bonds is 6. The number of carbonyl (C=O) groups excluding carboxylic acids is 2. The average Bonchev–Trinajstić information content (AvgIpc) is 2.87. The van der Waals surface area contributed by atoms with Crippen LogP contribution in [0.2, 0.25) is 0 Å². The largest absolute Gasteiger partial charge is 0.487 e. The Hall–Kier alpha value is -4.73. The molecule has 0 saturated heterocycles. The molecule has 0 spiro atoms. The molecule has 194 valence electrons. The number of aliphatic hydroxyl groups excluding tert-OH is 1. The van der Waals surface area contributed by atoms with E-state index in [4.69, 9.17) is 20.0 Å². The molecule has 0 fully saturated rings. The number of imide groups is 1. The Morgan fingerprint density at radius 2 is 1.74 bits per heavy atom. The monoisotopic (exact) mass is 512 g/mol. The summed E-state index contributed by atoms with van der Waals surface area (Å²) in [5.74, 6) is -0.596. The summed E-state index contributed by atoms with van der Waals surface area (Å²) in [6, 6.07) is 16.8. The lowest BCUT2D eigenvalue weighted by atomic mass is 10.0. The summed E-state index contributed by atoms with van der Waals surface area (Å²) >= 11 is 0. The highest BCUT2D eigenvalue weighted by Gasteiger charge is 2.33. The molecule has 9 nitrogen and oxygen atoms in total. The number of aliphatic hydroxyl groups is 1. The van der Waals surface area contributed by atoms with Gasteiger partial charge in [0.1, 0.15) is 18.0 Å². The maximum atomic E-state index is 13.9. The maximum Gasteiger partial charge on any atom is 0.422 e. The van der Waals surface area contributed by atoms with Crippen molar-refractivity contribution < 1.29 is 24.2 Å². The van der Waals surface area contributed by atoms with Gasteiger partial charge in [-0.3, -0.25) is 9.78 Å². The maximum absolute atomic E-state index is 13.9. The highest BCUT2D eigenvalue weighted by Crippen LogP contribution is 2.33. The molecule has 0 aliphatic heterocycles. The van der Waals surface area contributed by atoms with Gasteiger partial charge in [-0.2, -0.15) is 10.5 Å². The van der Waals surface area contributed by atoms with E-state index in [0.29, 0.717) is 22.4 Å². The Bertz CT molecular complexity index is 1430. The number of hydrogen-bond donors (Lipinski definition) is 1. The SMILES string of the molecule is Cc1ncc(C(=O)N(C(=O)OC(C)(C)C)c2ccc(C#N)cc2)c(C(C)O)c1OCc1cccc(C#N)c1. The summed E-state index contributed by atoms with van der Waals surface area (Å²) in [7, 11) is 0. The molecule has 2 amide bonds. The van der Waals surface area contributed by atoms with E-state index in [1.54, 1.807) is 52.0 Å². The number of nitriles is 2. The molecule has 0 bridgehead atoms. The number of ether oxygens (including phenoxy) is 2. The molecular formula is C29H28N4O5. The summed E-state index contributed by atoms with van der Waals surface area (Å²) in [5, 5.41) is 29.0. The molecule has 0 saturated carbocycles. The number of benzene rings is 2. The lowest BCUT2D eigenvalue weighted by molar-refractivity contribution is 0.0563. The topological polar surface area (TPSA) is 137 Å². The molecule has 2 aromatic carbocycles. The molecule has 3 rings (SSSR count). The zero-order chi connectivity index (χ0) is 28.0. The van der Waals surface area contributed by atoms with Gasteiger partial charge in [-0.15, -0.1) is 0 Å². The lowest BCUT2D eigenvalue weighted by Crippen LogP contribution is -2.41. The van der Waals surface area contributed by atoms with Crippen molar-refractivity contribution in [3.05, 3.63) is 88.2 Å². The van der Waals surface area contributed by atoms with E-state index in [9.17, 15) is 14.7 Å². The second kappa shape index (κ2) is 11.5. The normalized spacial score (nSPS) is 11.6. The van der Waals surface area contributed by atoms with Gasteiger partial charge in [0.25, 0.3) is 5.91 Å². The Morgan fingerprint density at radius 3 is 2.32 bits per heavy atom. The van der Waals surface area contributed by atoms with Crippen LogP contribution in [0.4, 0.5) is 10.5 Å². The Labute approximate surface area is 221 Å². The smallest absolute Gasteiger partial charge is 0.422 e. The number of amides is 2. The average molecular weight is 513 g/mol. The van der Waals surface area contributed by atoms with E-state index < -0.39 is 23.7 Å². The first-order valence-electron chi connectivity index (χ1n) is 11.8. The number of carbonyl (C=O) groups is 2. The van der Waals surface area contributed by atoms with Crippen LogP contribution >= 0.6 is 0 Å². The van der Waals surface area contributed by atoms with Gasteiger partial charge >= 0.3 is 6.09 Å². The zero-order valence-electron chi connectivity index (χ0n) is 21.8. The molecular weight excluding hydrogens is 484 g/mol. The number of anilines is 1. The van der Waals surface area contributed by atoms with Crippen LogP contribution in [0.25, 0.3) is 0 Å². The third-order valence-corrected chi connectivity index (χ3v) is 5.37. The van der Waals surface area contributed by atoms with Gasteiger partial charge in [0.15, 0.2) is 0 Å². The van der Waals surface area contributed by atoms with Crippen molar-refractivity contribution in [3.8, 4) is 17.9 Å². The summed E-state index contributed by atoms with van der Waals surface area (Å²) in [4.78, 5) is 32.2. The highest BCUT2D eigenvalue weighted by atomic mass is 16.6. The first-order valence-corrected chi connectivity index (χ1v) is 11.8. The van der Waals surface area contributed by atoms with Crippen molar-refractivity contribution in [2.45, 2.75) is 52.9 Å². The van der Waals surface area contributed by atoms with E-state index in [0.717, 1.165) is 4.90 Å². The van der Waals surface area contributed by atoms with Crippen molar-refractivity contribution in [2.24, 2.45) is 0 Å². The molecule has 9 heteroatoms. The van der Waals surface area contributed by atoms with Crippen LogP contribution in [0.1, 0.15) is 72.1 Å². The van der Waals surface area contributed by atoms with Crippen LogP contribution in [-0.2, 0) is 11.3 Å². The van der Waals surface area contributed by atoms with E-state index in [1.807, 2.05) is 6.07 Å². The van der Waals surface area contributed by atoms with Crippen molar-refractivity contribution in [1.29, 1.82) is 10.5 Å². The third-order valence-electron chi connectivity index (χ3n) is 5.37. The standard InChI is InChI=1S/C29H28N4O5/c1-18-26(37-17-22-8-6-7-21(13-22)15-31)25(19(2)34)24(16-32-18)27(35)33(28(36)38-29(3,4)5)23-11-9-20(14-30)10-12-23/h6-13,16,19,34H,17H2,1-5H3. The fourth-order valence-electron chi connectivity index (χ4n) is 3.68. The minimum absolute atomic E-state index is 0.0541. The predicted octanol–water partition coefficient (Wildman–Crippen LogP) is 5.35. The number of aryl methyl sites for hydroxylation is 1. The minimum atomic E-state index is -1.16. The second-order valence-electron chi connectivity index (χ2n) is 9.56. The number of aromatic nitrogens is 1. The summed E-state index contributed by atoms with van der Waals surface area (Å²) in [6.45, 7) is 8.24. The summed E-state index contributed by atoms with van der Waals surface area (Å²) < 4.78 is 11.5. The number of nitrogens with zero attached hydrogens (tertiary/aromatic N) is 4. The summed E-state index contributed by atoms with van der Waals surface area (Å²) in [6.07, 6.45) is -0.804. The van der Waals surface area contributed by atoms with Crippen molar-refractivity contribution in [3.63, 3.8) is 0 Å². The fraction of sp³-hybridized carbons (Fsp3) is 0.276. The van der Waals surface area contributed by atoms with Crippen LogP contribution in [0.5, 0.6) is 5.75 Å². The Balaban J connectivity index is 2.08. The zero-order valence-corrected chi connectivity index (χ0v) is 21.8. The molecule has 3 aromatic rings. The van der Waals surface area contributed by atoms with E-state index >= 15 is 0 Å². The van der Waals surface area contributed by atoms with E-state index in [1.165, 1.54) is 37.4 Å². The first-order chi connectivity index (χ1) is 17.9. The van der Waals surface area contributed by atoms with Crippen LogP contribution in [-0.4, -0.2) is 27.7 Å². The number of pyridine rings is 1. The molecule has 1 heterocycles. The van der Waals surface area contributed by atoms with Crippen molar-refractivity contribution in [2.75, 3.05) is 4.90 Å². The Kier molecular flexibility index (Phi) is 8.46.